The van der Waals surface area contributed by atoms with Crippen LogP contribution in [0, 0.1) is 6.92 Å². The second-order valence-corrected chi connectivity index (χ2v) is 5.66. The van der Waals surface area contributed by atoms with Gasteiger partial charge in [-0.25, -0.2) is 15.0 Å². The second-order valence-electron chi connectivity index (χ2n) is 5.66. The maximum Gasteiger partial charge on any atom is 0.270 e. The largest absolute Gasteiger partial charge is 0.493 e. The normalized spacial score (nSPS) is 10.3. The van der Waals surface area contributed by atoms with E-state index < -0.39 is 0 Å². The van der Waals surface area contributed by atoms with Crippen molar-refractivity contribution in [1.82, 2.24) is 20.3 Å². The van der Waals surface area contributed by atoms with Crippen LogP contribution in [-0.2, 0) is 6.54 Å². The number of amides is 1. The Balaban J connectivity index is 1.75. The third kappa shape index (κ3) is 4.49. The van der Waals surface area contributed by atoms with Crippen molar-refractivity contribution in [2.24, 2.45) is 0 Å². The van der Waals surface area contributed by atoms with E-state index in [0.29, 0.717) is 28.6 Å². The van der Waals surface area contributed by atoms with Gasteiger partial charge < -0.3 is 20.5 Å². The Morgan fingerprint density at radius 1 is 1.15 bits per heavy atom. The van der Waals surface area contributed by atoms with E-state index in [0.717, 1.165) is 0 Å². The molecule has 8 heteroatoms. The van der Waals surface area contributed by atoms with Crippen molar-refractivity contribution >= 4 is 11.9 Å². The number of methoxy groups -OCH3 is 1. The van der Waals surface area contributed by atoms with Gasteiger partial charge in [0.2, 0.25) is 11.8 Å². The van der Waals surface area contributed by atoms with Gasteiger partial charge in [-0.3, -0.25) is 4.79 Å². The van der Waals surface area contributed by atoms with Gasteiger partial charge >= 0.3 is 0 Å². The van der Waals surface area contributed by atoms with E-state index in [1.165, 1.54) is 0 Å². The number of nitrogen functional groups attached to an aromatic ring is 1. The minimum atomic E-state index is -0.362. The monoisotopic (exact) mass is 365 g/mol. The molecule has 0 saturated heterocycles. The smallest absolute Gasteiger partial charge is 0.270 e. The number of carbonyl (C=O) groups excluding carboxylic acids is 1. The Morgan fingerprint density at radius 3 is 2.67 bits per heavy atom. The molecule has 0 unspecified atom stereocenters. The van der Waals surface area contributed by atoms with E-state index in [-0.39, 0.29) is 24.1 Å². The first-order valence-corrected chi connectivity index (χ1v) is 8.21. The molecule has 2 heterocycles. The fourth-order valence-electron chi connectivity index (χ4n) is 2.43. The standard InChI is InChI=1S/C19H19N5O3/c1-12-10-14(24-19(20)23-12)17(25)22-11-13-6-5-9-21-18(13)27-16-8-4-3-7-15(16)26-2/h3-10H,11H2,1-2H3,(H,22,25)(H2,20,23,24). The fourth-order valence-corrected chi connectivity index (χ4v) is 2.43. The molecule has 1 aromatic carbocycles. The lowest BCUT2D eigenvalue weighted by atomic mass is 10.2. The van der Waals surface area contributed by atoms with Crippen LogP contribution >= 0.6 is 0 Å². The lowest BCUT2D eigenvalue weighted by Gasteiger charge is -2.13. The van der Waals surface area contributed by atoms with Crippen LogP contribution in [-0.4, -0.2) is 28.0 Å². The number of rotatable bonds is 6. The van der Waals surface area contributed by atoms with E-state index >= 15 is 0 Å². The number of para-hydroxylation sites is 2. The summed E-state index contributed by atoms with van der Waals surface area (Å²) in [5.41, 5.74) is 7.13. The number of nitrogens with one attached hydrogen (secondary N) is 1. The van der Waals surface area contributed by atoms with Crippen LogP contribution in [0.1, 0.15) is 21.7 Å². The average molecular weight is 365 g/mol. The molecule has 0 radical (unpaired) electrons. The highest BCUT2D eigenvalue weighted by atomic mass is 16.5. The van der Waals surface area contributed by atoms with Gasteiger partial charge in [-0.15, -0.1) is 0 Å². The summed E-state index contributed by atoms with van der Waals surface area (Å²) in [4.78, 5) is 24.5. The molecule has 0 bridgehead atoms. The van der Waals surface area contributed by atoms with Crippen molar-refractivity contribution in [1.29, 1.82) is 0 Å². The molecule has 3 N–H and O–H groups in total. The molecule has 0 aliphatic heterocycles. The van der Waals surface area contributed by atoms with Gasteiger partial charge in [0, 0.05) is 24.0 Å². The average Bonchev–Trinajstić information content (AvgIpc) is 2.66. The summed E-state index contributed by atoms with van der Waals surface area (Å²) in [6, 6.07) is 12.4. The molecular weight excluding hydrogens is 346 g/mol. The van der Waals surface area contributed by atoms with Crippen molar-refractivity contribution in [3.8, 4) is 17.4 Å². The van der Waals surface area contributed by atoms with Crippen LogP contribution in [0.3, 0.4) is 0 Å². The van der Waals surface area contributed by atoms with E-state index in [1.807, 2.05) is 18.2 Å². The molecule has 1 amide bonds. The highest BCUT2D eigenvalue weighted by Gasteiger charge is 2.13. The SMILES string of the molecule is COc1ccccc1Oc1ncccc1CNC(=O)c1cc(C)nc(N)n1. The third-order valence-corrected chi connectivity index (χ3v) is 3.67. The number of anilines is 1. The zero-order valence-electron chi connectivity index (χ0n) is 15.0. The molecule has 0 spiro atoms. The van der Waals surface area contributed by atoms with Crippen LogP contribution in [0.25, 0.3) is 0 Å². The number of benzene rings is 1. The maximum atomic E-state index is 12.4. The lowest BCUT2D eigenvalue weighted by molar-refractivity contribution is 0.0945. The molecule has 0 aliphatic carbocycles. The van der Waals surface area contributed by atoms with E-state index in [2.05, 4.69) is 20.3 Å². The molecule has 138 valence electrons. The molecule has 3 aromatic rings. The summed E-state index contributed by atoms with van der Waals surface area (Å²) in [7, 11) is 1.57. The van der Waals surface area contributed by atoms with Gasteiger partial charge in [-0.1, -0.05) is 18.2 Å². The molecule has 0 aliphatic rings. The summed E-state index contributed by atoms with van der Waals surface area (Å²) >= 11 is 0. The van der Waals surface area contributed by atoms with Crippen LogP contribution in [0.15, 0.2) is 48.7 Å². The van der Waals surface area contributed by atoms with E-state index in [1.54, 1.807) is 44.5 Å². The highest BCUT2D eigenvalue weighted by Crippen LogP contribution is 2.31. The first-order chi connectivity index (χ1) is 13.1. The Labute approximate surface area is 156 Å². The topological polar surface area (TPSA) is 112 Å². The number of hydrogen-bond donors (Lipinski definition) is 2. The number of aryl methyl sites for hydroxylation is 1. The van der Waals surface area contributed by atoms with Crippen LogP contribution in [0.4, 0.5) is 5.95 Å². The van der Waals surface area contributed by atoms with Gasteiger partial charge in [0.1, 0.15) is 5.69 Å². The molecule has 8 nitrogen and oxygen atoms in total. The zero-order chi connectivity index (χ0) is 19.2. The number of nitrogens with zero attached hydrogens (tertiary/aromatic N) is 3. The molecule has 0 fully saturated rings. The molecular formula is C19H19N5O3. The van der Waals surface area contributed by atoms with Gasteiger partial charge in [-0.05, 0) is 31.2 Å². The second kappa shape index (κ2) is 8.13. The number of carbonyl (C=O) groups is 1. The number of pyridine rings is 1. The summed E-state index contributed by atoms with van der Waals surface area (Å²) < 4.78 is 11.2. The van der Waals surface area contributed by atoms with Gasteiger partial charge in [0.25, 0.3) is 5.91 Å². The number of nitrogens with two attached hydrogens (primary N) is 1. The fraction of sp³-hybridized carbons (Fsp3) is 0.158. The minimum absolute atomic E-state index is 0.0572. The number of ether oxygens (including phenoxy) is 2. The molecule has 0 atom stereocenters. The predicted octanol–water partition coefficient (Wildman–Crippen LogP) is 2.49. The Morgan fingerprint density at radius 2 is 1.93 bits per heavy atom. The van der Waals surface area contributed by atoms with Gasteiger partial charge in [0.15, 0.2) is 11.5 Å². The van der Waals surface area contributed by atoms with Crippen LogP contribution < -0.4 is 20.5 Å². The molecule has 3 rings (SSSR count). The van der Waals surface area contributed by atoms with Crippen molar-refractivity contribution in [2.45, 2.75) is 13.5 Å². The highest BCUT2D eigenvalue weighted by molar-refractivity contribution is 5.92. The summed E-state index contributed by atoms with van der Waals surface area (Å²) in [5, 5.41) is 2.79. The quantitative estimate of drug-likeness (QED) is 0.690. The van der Waals surface area contributed by atoms with Crippen LogP contribution in [0.2, 0.25) is 0 Å². The molecule has 27 heavy (non-hydrogen) atoms. The maximum absolute atomic E-state index is 12.4. The van der Waals surface area contributed by atoms with Crippen molar-refractivity contribution < 1.29 is 14.3 Å². The van der Waals surface area contributed by atoms with Crippen molar-refractivity contribution in [3.63, 3.8) is 0 Å². The number of hydrogen-bond acceptors (Lipinski definition) is 7. The first-order valence-electron chi connectivity index (χ1n) is 8.21. The van der Waals surface area contributed by atoms with E-state index in [4.69, 9.17) is 15.2 Å². The zero-order valence-corrected chi connectivity index (χ0v) is 15.0. The summed E-state index contributed by atoms with van der Waals surface area (Å²) in [6.45, 7) is 1.95. The van der Waals surface area contributed by atoms with E-state index in [9.17, 15) is 4.79 Å². The van der Waals surface area contributed by atoms with Crippen LogP contribution in [0.5, 0.6) is 17.4 Å². The predicted molar refractivity (Wildman–Crippen MR) is 99.7 cm³/mol. The third-order valence-electron chi connectivity index (χ3n) is 3.67. The van der Waals surface area contributed by atoms with Gasteiger partial charge in [0.05, 0.1) is 7.11 Å². The molecule has 2 aromatic heterocycles. The lowest BCUT2D eigenvalue weighted by Crippen LogP contribution is -2.24. The summed E-state index contributed by atoms with van der Waals surface area (Å²) in [6.07, 6.45) is 1.62. The first kappa shape index (κ1) is 18.1. The minimum Gasteiger partial charge on any atom is -0.493 e. The Kier molecular flexibility index (Phi) is 5.46. The Bertz CT molecular complexity index is 941. The van der Waals surface area contributed by atoms with Crippen molar-refractivity contribution in [2.75, 3.05) is 12.8 Å². The van der Waals surface area contributed by atoms with Gasteiger partial charge in [-0.2, -0.15) is 0 Å². The number of aromatic nitrogens is 3. The molecule has 0 saturated carbocycles. The Hall–Kier alpha value is -3.68. The summed E-state index contributed by atoms with van der Waals surface area (Å²) in [5.74, 6) is 1.19. The van der Waals surface area contributed by atoms with Crippen molar-refractivity contribution in [3.05, 3.63) is 65.6 Å².